The Morgan fingerprint density at radius 3 is 2.31 bits per heavy atom. The third kappa shape index (κ3) is 3.86. The number of carboxylic acids is 1. The number of hydrogen-bond donors (Lipinski definition) is 1. The summed E-state index contributed by atoms with van der Waals surface area (Å²) in [6.45, 7) is 1.65. The summed E-state index contributed by atoms with van der Waals surface area (Å²) in [6.07, 6.45) is 0. The molecular weight excluding hydrogens is 422 g/mol. The van der Waals surface area contributed by atoms with Crippen LogP contribution < -0.4 is 0 Å². The van der Waals surface area contributed by atoms with Gasteiger partial charge in [0.15, 0.2) is 9.84 Å². The number of aryl methyl sites for hydroxylation is 1. The zero-order valence-corrected chi connectivity index (χ0v) is 16.0. The Bertz CT molecular complexity index is 1050. The van der Waals surface area contributed by atoms with Crippen molar-refractivity contribution in [2.75, 3.05) is 0 Å². The molecule has 2 aromatic carbocycles. The van der Waals surface area contributed by atoms with Crippen LogP contribution in [-0.4, -0.2) is 24.5 Å². The van der Waals surface area contributed by atoms with Crippen LogP contribution in [0.3, 0.4) is 0 Å². The maximum Gasteiger partial charge on any atom is 0.335 e. The molecule has 26 heavy (non-hydrogen) atoms. The summed E-state index contributed by atoms with van der Waals surface area (Å²) in [5.74, 6) is -0.651. The minimum absolute atomic E-state index is 0.148. The number of carboxylic acid groups (broad SMARTS) is 1. The molecule has 0 aliphatic heterocycles. The molecule has 0 spiro atoms. The molecule has 1 N–H and O–H groups in total. The van der Waals surface area contributed by atoms with Crippen LogP contribution in [0.25, 0.3) is 11.5 Å². The molecule has 0 saturated heterocycles. The molecule has 3 rings (SSSR count). The molecule has 0 bridgehead atoms. The first-order valence-corrected chi connectivity index (χ1v) is 9.99. The topological polar surface area (TPSA) is 97.5 Å². The molecule has 6 nitrogen and oxygen atoms in total. The number of hydrogen-bond acceptors (Lipinski definition) is 5. The summed E-state index contributed by atoms with van der Waals surface area (Å²) in [5, 5.41) is 8.94. The van der Waals surface area contributed by atoms with Gasteiger partial charge < -0.3 is 9.52 Å². The molecule has 0 aliphatic carbocycles. The lowest BCUT2D eigenvalue weighted by atomic mass is 10.1. The van der Waals surface area contributed by atoms with Gasteiger partial charge in [-0.1, -0.05) is 15.9 Å². The molecule has 1 heterocycles. The van der Waals surface area contributed by atoms with Gasteiger partial charge in [0.1, 0.15) is 11.5 Å². The number of rotatable bonds is 5. The number of benzene rings is 2. The lowest BCUT2D eigenvalue weighted by Gasteiger charge is -2.03. The Kier molecular flexibility index (Phi) is 4.97. The van der Waals surface area contributed by atoms with Crippen LogP contribution in [0.5, 0.6) is 0 Å². The van der Waals surface area contributed by atoms with Crippen LogP contribution in [0, 0.1) is 6.92 Å². The fourth-order valence-electron chi connectivity index (χ4n) is 2.35. The number of aromatic carboxylic acids is 1. The van der Waals surface area contributed by atoms with E-state index in [-0.39, 0.29) is 22.1 Å². The lowest BCUT2D eigenvalue weighted by molar-refractivity contribution is 0.0697. The second kappa shape index (κ2) is 7.05. The third-order valence-electron chi connectivity index (χ3n) is 3.77. The second-order valence-electron chi connectivity index (χ2n) is 5.62. The van der Waals surface area contributed by atoms with Crippen molar-refractivity contribution in [3.63, 3.8) is 0 Å². The first kappa shape index (κ1) is 18.3. The van der Waals surface area contributed by atoms with E-state index in [2.05, 4.69) is 20.9 Å². The summed E-state index contributed by atoms with van der Waals surface area (Å²) in [4.78, 5) is 15.4. The van der Waals surface area contributed by atoms with Crippen molar-refractivity contribution in [3.05, 3.63) is 70.0 Å². The van der Waals surface area contributed by atoms with Crippen LogP contribution in [0.15, 0.2) is 62.3 Å². The number of halogens is 1. The predicted molar refractivity (Wildman–Crippen MR) is 98.7 cm³/mol. The maximum absolute atomic E-state index is 12.6. The standard InChI is InChI=1S/C18H14BrNO5S/c1-11-16(10-26(23,24)15-8-6-14(19)7-9-15)20-17(25-11)12-2-4-13(5-3-12)18(21)22/h2-9H,10H2,1H3,(H,21,22). The highest BCUT2D eigenvalue weighted by Crippen LogP contribution is 2.25. The number of oxazole rings is 1. The third-order valence-corrected chi connectivity index (χ3v) is 5.94. The van der Waals surface area contributed by atoms with Crippen molar-refractivity contribution in [2.45, 2.75) is 17.6 Å². The Labute approximate surface area is 158 Å². The van der Waals surface area contributed by atoms with Gasteiger partial charge in [0, 0.05) is 10.0 Å². The summed E-state index contributed by atoms with van der Waals surface area (Å²) >= 11 is 3.27. The monoisotopic (exact) mass is 435 g/mol. The highest BCUT2D eigenvalue weighted by molar-refractivity contribution is 9.10. The maximum atomic E-state index is 12.6. The highest BCUT2D eigenvalue weighted by atomic mass is 79.9. The number of sulfone groups is 1. The fraction of sp³-hybridized carbons (Fsp3) is 0.111. The Morgan fingerprint density at radius 1 is 1.12 bits per heavy atom. The van der Waals surface area contributed by atoms with Gasteiger partial charge in [0.25, 0.3) is 0 Å². The first-order chi connectivity index (χ1) is 12.3. The summed E-state index contributed by atoms with van der Waals surface area (Å²) in [7, 11) is -3.56. The van der Waals surface area contributed by atoms with Gasteiger partial charge in [-0.25, -0.2) is 18.2 Å². The predicted octanol–water partition coefficient (Wildman–Crippen LogP) is 4.08. The zero-order valence-electron chi connectivity index (χ0n) is 13.6. The number of nitrogens with zero attached hydrogens (tertiary/aromatic N) is 1. The molecule has 0 fully saturated rings. The van der Waals surface area contributed by atoms with Crippen LogP contribution in [0.2, 0.25) is 0 Å². The molecule has 0 radical (unpaired) electrons. The van der Waals surface area contributed by atoms with Crippen LogP contribution in [0.4, 0.5) is 0 Å². The van der Waals surface area contributed by atoms with E-state index in [1.807, 2.05) is 0 Å². The fourth-order valence-corrected chi connectivity index (χ4v) is 3.96. The van der Waals surface area contributed by atoms with E-state index in [0.29, 0.717) is 17.0 Å². The summed E-state index contributed by atoms with van der Waals surface area (Å²) < 4.78 is 31.5. The van der Waals surface area contributed by atoms with Gasteiger partial charge in [-0.3, -0.25) is 0 Å². The Morgan fingerprint density at radius 2 is 1.73 bits per heavy atom. The number of carbonyl (C=O) groups is 1. The molecule has 0 amide bonds. The van der Waals surface area contributed by atoms with E-state index >= 15 is 0 Å². The molecule has 0 atom stereocenters. The first-order valence-electron chi connectivity index (χ1n) is 7.54. The minimum Gasteiger partial charge on any atom is -0.478 e. The molecule has 3 aromatic rings. The van der Waals surface area contributed by atoms with Gasteiger partial charge in [0.05, 0.1) is 16.2 Å². The van der Waals surface area contributed by atoms with E-state index in [1.54, 1.807) is 31.2 Å². The highest BCUT2D eigenvalue weighted by Gasteiger charge is 2.21. The Balaban J connectivity index is 1.88. The van der Waals surface area contributed by atoms with Crippen molar-refractivity contribution < 1.29 is 22.7 Å². The van der Waals surface area contributed by atoms with Crippen molar-refractivity contribution >= 4 is 31.7 Å². The molecule has 0 aliphatic rings. The largest absolute Gasteiger partial charge is 0.478 e. The second-order valence-corrected chi connectivity index (χ2v) is 8.52. The zero-order chi connectivity index (χ0) is 18.9. The minimum atomic E-state index is -3.56. The summed E-state index contributed by atoms with van der Waals surface area (Å²) in [6, 6.07) is 12.4. The van der Waals surface area contributed by atoms with E-state index in [4.69, 9.17) is 9.52 Å². The van der Waals surface area contributed by atoms with Crippen molar-refractivity contribution in [1.29, 1.82) is 0 Å². The molecule has 0 unspecified atom stereocenters. The van der Waals surface area contributed by atoms with Gasteiger partial charge >= 0.3 is 5.97 Å². The van der Waals surface area contributed by atoms with E-state index in [0.717, 1.165) is 4.47 Å². The average molecular weight is 436 g/mol. The Hall–Kier alpha value is -2.45. The quantitative estimate of drug-likeness (QED) is 0.647. The molecule has 134 valence electrons. The van der Waals surface area contributed by atoms with Crippen LogP contribution >= 0.6 is 15.9 Å². The average Bonchev–Trinajstić information content (AvgIpc) is 2.95. The van der Waals surface area contributed by atoms with E-state index in [9.17, 15) is 13.2 Å². The lowest BCUT2D eigenvalue weighted by Crippen LogP contribution is -2.06. The van der Waals surface area contributed by atoms with Crippen LogP contribution in [0.1, 0.15) is 21.8 Å². The van der Waals surface area contributed by atoms with Gasteiger partial charge in [-0.15, -0.1) is 0 Å². The van der Waals surface area contributed by atoms with Gasteiger partial charge in [0.2, 0.25) is 5.89 Å². The van der Waals surface area contributed by atoms with Crippen molar-refractivity contribution in [2.24, 2.45) is 0 Å². The smallest absolute Gasteiger partial charge is 0.335 e. The molecule has 0 saturated carbocycles. The normalized spacial score (nSPS) is 11.5. The molecular formula is C18H14BrNO5S. The van der Waals surface area contributed by atoms with Crippen molar-refractivity contribution in [1.82, 2.24) is 4.98 Å². The molecule has 8 heteroatoms. The molecule has 1 aromatic heterocycles. The van der Waals surface area contributed by atoms with Crippen molar-refractivity contribution in [3.8, 4) is 11.5 Å². The SMILES string of the molecule is Cc1oc(-c2ccc(C(=O)O)cc2)nc1CS(=O)(=O)c1ccc(Br)cc1. The van der Waals surface area contributed by atoms with E-state index < -0.39 is 15.8 Å². The van der Waals surface area contributed by atoms with Crippen LogP contribution in [-0.2, 0) is 15.6 Å². The summed E-state index contributed by atoms with van der Waals surface area (Å²) in [5.41, 5.74) is 1.05. The van der Waals surface area contributed by atoms with Gasteiger partial charge in [-0.2, -0.15) is 0 Å². The van der Waals surface area contributed by atoms with Gasteiger partial charge in [-0.05, 0) is 55.5 Å². The number of aromatic nitrogens is 1. The van der Waals surface area contributed by atoms with E-state index in [1.165, 1.54) is 24.3 Å².